The Morgan fingerprint density at radius 2 is 1.75 bits per heavy atom. The number of hydrogen-bond acceptors (Lipinski definition) is 3. The summed E-state index contributed by atoms with van der Waals surface area (Å²) < 4.78 is 26.6. The van der Waals surface area contributed by atoms with E-state index < -0.39 is 10.0 Å². The summed E-state index contributed by atoms with van der Waals surface area (Å²) in [5.41, 5.74) is 0.750. The number of rotatable bonds is 7. The van der Waals surface area contributed by atoms with Crippen molar-refractivity contribution in [3.63, 3.8) is 0 Å². The summed E-state index contributed by atoms with van der Waals surface area (Å²) in [5.74, 6) is 0. The number of hydrogen-bond donors (Lipinski definition) is 1. The lowest BCUT2D eigenvalue weighted by molar-refractivity contribution is 0.257. The van der Waals surface area contributed by atoms with Crippen molar-refractivity contribution in [3.8, 4) is 0 Å². The molecule has 0 aromatic heterocycles. The molecule has 1 rings (SSSR count). The van der Waals surface area contributed by atoms with Crippen molar-refractivity contribution < 1.29 is 8.42 Å². The van der Waals surface area contributed by atoms with Gasteiger partial charge in [0.2, 0.25) is 10.0 Å². The smallest absolute Gasteiger partial charge is 0.243 e. The van der Waals surface area contributed by atoms with Gasteiger partial charge in [-0.1, -0.05) is 19.1 Å². The molecule has 1 aromatic rings. The first-order valence-electron chi connectivity index (χ1n) is 6.98. The van der Waals surface area contributed by atoms with Crippen molar-refractivity contribution in [1.29, 1.82) is 0 Å². The number of nitrogens with one attached hydrogen (secondary N) is 1. The first-order valence-corrected chi connectivity index (χ1v) is 8.42. The topological polar surface area (TPSA) is 49.4 Å². The molecule has 1 N–H and O–H groups in total. The fraction of sp³-hybridized carbons (Fsp3) is 0.600. The van der Waals surface area contributed by atoms with E-state index in [4.69, 9.17) is 0 Å². The van der Waals surface area contributed by atoms with Gasteiger partial charge in [-0.05, 0) is 58.0 Å². The van der Waals surface area contributed by atoms with Crippen LogP contribution in [0, 0.1) is 0 Å². The summed E-state index contributed by atoms with van der Waals surface area (Å²) in [6.45, 7) is 6.75. The molecule has 20 heavy (non-hydrogen) atoms. The summed E-state index contributed by atoms with van der Waals surface area (Å²) in [6, 6.07) is 7.17. The van der Waals surface area contributed by atoms with Crippen LogP contribution in [-0.2, 0) is 16.4 Å². The van der Waals surface area contributed by atoms with E-state index in [2.05, 4.69) is 5.32 Å². The van der Waals surface area contributed by atoms with E-state index in [0.717, 1.165) is 24.9 Å². The second kappa shape index (κ2) is 6.70. The highest BCUT2D eigenvalue weighted by molar-refractivity contribution is 7.89. The molecule has 0 amide bonds. The minimum absolute atomic E-state index is 0.356. The quantitative estimate of drug-likeness (QED) is 0.840. The zero-order valence-corrected chi connectivity index (χ0v) is 13.9. The standard InChI is InChI=1S/C15H26N2O2S/c1-6-15(2,3)17(5)20(18,19)14-9-7-13(8-10-14)11-12-16-4/h7-10,16H,6,11-12H2,1-5H3. The summed E-state index contributed by atoms with van der Waals surface area (Å²) in [6.07, 6.45) is 1.66. The lowest BCUT2D eigenvalue weighted by Gasteiger charge is -2.33. The molecule has 0 unspecified atom stereocenters. The molecule has 0 heterocycles. The summed E-state index contributed by atoms with van der Waals surface area (Å²) in [4.78, 5) is 0.356. The van der Waals surface area contributed by atoms with E-state index in [1.165, 1.54) is 4.31 Å². The maximum atomic E-state index is 12.6. The number of likely N-dealkylation sites (N-methyl/N-ethyl adjacent to an activating group) is 1. The van der Waals surface area contributed by atoms with Crippen molar-refractivity contribution in [2.24, 2.45) is 0 Å². The van der Waals surface area contributed by atoms with Gasteiger partial charge in [-0.15, -0.1) is 0 Å². The van der Waals surface area contributed by atoms with Gasteiger partial charge in [0.15, 0.2) is 0 Å². The second-order valence-corrected chi connectivity index (χ2v) is 7.61. The number of sulfonamides is 1. The first-order chi connectivity index (χ1) is 9.25. The van der Waals surface area contributed by atoms with Gasteiger partial charge in [0.25, 0.3) is 0 Å². The maximum Gasteiger partial charge on any atom is 0.243 e. The van der Waals surface area contributed by atoms with Gasteiger partial charge in [0.05, 0.1) is 4.90 Å². The number of benzene rings is 1. The van der Waals surface area contributed by atoms with Crippen LogP contribution in [0.3, 0.4) is 0 Å². The summed E-state index contributed by atoms with van der Waals surface area (Å²) >= 11 is 0. The molecule has 0 spiro atoms. The Labute approximate surface area is 123 Å². The molecule has 5 heteroatoms. The second-order valence-electron chi connectivity index (χ2n) is 5.64. The van der Waals surface area contributed by atoms with E-state index in [9.17, 15) is 8.42 Å². The first kappa shape index (κ1) is 17.1. The predicted molar refractivity (Wildman–Crippen MR) is 83.4 cm³/mol. The highest BCUT2D eigenvalue weighted by Crippen LogP contribution is 2.25. The van der Waals surface area contributed by atoms with Gasteiger partial charge in [0, 0.05) is 12.6 Å². The average Bonchev–Trinajstić information content (AvgIpc) is 2.44. The highest BCUT2D eigenvalue weighted by atomic mass is 32.2. The fourth-order valence-electron chi connectivity index (χ4n) is 1.80. The van der Waals surface area contributed by atoms with Crippen LogP contribution in [0.1, 0.15) is 32.8 Å². The molecule has 0 aliphatic carbocycles. The largest absolute Gasteiger partial charge is 0.319 e. The van der Waals surface area contributed by atoms with Crippen LogP contribution in [0.5, 0.6) is 0 Å². The average molecular weight is 298 g/mol. The monoisotopic (exact) mass is 298 g/mol. The Balaban J connectivity index is 2.99. The van der Waals surface area contributed by atoms with Crippen LogP contribution in [0.2, 0.25) is 0 Å². The molecule has 0 aliphatic rings. The Morgan fingerprint density at radius 3 is 2.20 bits per heavy atom. The lowest BCUT2D eigenvalue weighted by Crippen LogP contribution is -2.44. The summed E-state index contributed by atoms with van der Waals surface area (Å²) in [7, 11) is 0.122. The Morgan fingerprint density at radius 1 is 1.20 bits per heavy atom. The predicted octanol–water partition coefficient (Wildman–Crippen LogP) is 2.26. The molecule has 0 fully saturated rings. The third-order valence-corrected chi connectivity index (χ3v) is 6.05. The van der Waals surface area contributed by atoms with Crippen molar-refractivity contribution in [3.05, 3.63) is 29.8 Å². The fourth-order valence-corrected chi connectivity index (χ4v) is 3.38. The zero-order valence-electron chi connectivity index (χ0n) is 13.1. The molecule has 0 saturated carbocycles. The van der Waals surface area contributed by atoms with Gasteiger partial charge >= 0.3 is 0 Å². The molecule has 0 radical (unpaired) electrons. The van der Waals surface area contributed by atoms with Crippen molar-refractivity contribution in [2.75, 3.05) is 20.6 Å². The molecular weight excluding hydrogens is 272 g/mol. The van der Waals surface area contributed by atoms with Crippen LogP contribution in [-0.4, -0.2) is 38.9 Å². The highest BCUT2D eigenvalue weighted by Gasteiger charge is 2.32. The van der Waals surface area contributed by atoms with Gasteiger partial charge in [-0.3, -0.25) is 0 Å². The normalized spacial score (nSPS) is 12.9. The third kappa shape index (κ3) is 3.81. The van der Waals surface area contributed by atoms with Gasteiger partial charge in [-0.25, -0.2) is 8.42 Å². The third-order valence-electron chi connectivity index (χ3n) is 3.96. The molecule has 114 valence electrons. The van der Waals surface area contributed by atoms with Gasteiger partial charge in [0.1, 0.15) is 0 Å². The van der Waals surface area contributed by atoms with Crippen molar-refractivity contribution >= 4 is 10.0 Å². The zero-order chi connectivity index (χ0) is 15.4. The molecular formula is C15H26N2O2S. The van der Waals surface area contributed by atoms with Crippen molar-refractivity contribution in [1.82, 2.24) is 9.62 Å². The Bertz CT molecular complexity index is 521. The van der Waals surface area contributed by atoms with Crippen LogP contribution in [0.25, 0.3) is 0 Å². The summed E-state index contributed by atoms with van der Waals surface area (Å²) in [5, 5.41) is 3.08. The van der Waals surface area contributed by atoms with E-state index in [1.807, 2.05) is 40.0 Å². The van der Waals surface area contributed by atoms with Crippen LogP contribution >= 0.6 is 0 Å². The Kier molecular flexibility index (Phi) is 5.74. The SMILES string of the molecule is CCC(C)(C)N(C)S(=O)(=O)c1ccc(CCNC)cc1. The van der Waals surface area contributed by atoms with Gasteiger partial charge < -0.3 is 5.32 Å². The van der Waals surface area contributed by atoms with Crippen LogP contribution in [0.4, 0.5) is 0 Å². The molecule has 0 saturated heterocycles. The molecule has 1 aromatic carbocycles. The van der Waals surface area contributed by atoms with Crippen LogP contribution < -0.4 is 5.32 Å². The van der Waals surface area contributed by atoms with Crippen molar-refractivity contribution in [2.45, 2.75) is 44.0 Å². The lowest BCUT2D eigenvalue weighted by atomic mass is 10.0. The molecule has 0 atom stereocenters. The van der Waals surface area contributed by atoms with E-state index in [-0.39, 0.29) is 5.54 Å². The van der Waals surface area contributed by atoms with E-state index in [1.54, 1.807) is 19.2 Å². The minimum atomic E-state index is -3.43. The number of nitrogens with zero attached hydrogens (tertiary/aromatic N) is 1. The van der Waals surface area contributed by atoms with E-state index in [0.29, 0.717) is 4.90 Å². The van der Waals surface area contributed by atoms with E-state index >= 15 is 0 Å². The Hall–Kier alpha value is -0.910. The van der Waals surface area contributed by atoms with Crippen LogP contribution in [0.15, 0.2) is 29.2 Å². The molecule has 0 bridgehead atoms. The molecule has 0 aliphatic heterocycles. The van der Waals surface area contributed by atoms with Gasteiger partial charge in [-0.2, -0.15) is 4.31 Å². The molecule has 4 nitrogen and oxygen atoms in total. The maximum absolute atomic E-state index is 12.6. The minimum Gasteiger partial charge on any atom is -0.319 e.